The van der Waals surface area contributed by atoms with Crippen molar-refractivity contribution < 1.29 is 4.79 Å². The van der Waals surface area contributed by atoms with Crippen molar-refractivity contribution in [3.05, 3.63) is 113 Å². The van der Waals surface area contributed by atoms with E-state index in [-0.39, 0.29) is 15.8 Å². The van der Waals surface area contributed by atoms with Crippen LogP contribution in [0.3, 0.4) is 0 Å². The van der Waals surface area contributed by atoms with E-state index in [4.69, 9.17) is 11.6 Å². The van der Waals surface area contributed by atoms with Gasteiger partial charge in [0.1, 0.15) is 10.7 Å². The summed E-state index contributed by atoms with van der Waals surface area (Å²) in [5, 5.41) is 13.1. The fourth-order valence-electron chi connectivity index (χ4n) is 3.13. The summed E-state index contributed by atoms with van der Waals surface area (Å²) in [5.41, 5.74) is 1.40. The Balaban J connectivity index is 1.94. The summed E-state index contributed by atoms with van der Waals surface area (Å²) in [4.78, 5) is 26.4. The third-order valence-corrected chi connectivity index (χ3v) is 6.48. The maximum absolute atomic E-state index is 13.4. The third kappa shape index (κ3) is 5.15. The Labute approximate surface area is 206 Å². The number of para-hydroxylation sites is 1. The molecule has 1 amide bonds. The predicted octanol–water partition coefficient (Wildman–Crippen LogP) is 4.46. The quantitative estimate of drug-likeness (QED) is 0.419. The minimum atomic E-state index is -0.611. The number of benzene rings is 3. The average molecular weight is 537 g/mol. The van der Waals surface area contributed by atoms with Crippen LogP contribution in [0, 0.1) is 11.3 Å². The molecule has 1 N–H and O–H groups in total. The van der Waals surface area contributed by atoms with Crippen LogP contribution >= 0.6 is 38.9 Å². The number of carbonyl (C=O) groups excluding carboxylic acids is 1. The number of carbonyl (C=O) groups is 1. The predicted molar refractivity (Wildman–Crippen MR) is 136 cm³/mol. The monoisotopic (exact) mass is 535 g/mol. The first kappa shape index (κ1) is 22.7. The lowest BCUT2D eigenvalue weighted by Crippen LogP contribution is -2.32. The molecular formula is C25H15BrClN3O2S. The molecule has 8 heteroatoms. The van der Waals surface area contributed by atoms with E-state index in [1.165, 1.54) is 4.57 Å². The zero-order chi connectivity index (χ0) is 23.4. The van der Waals surface area contributed by atoms with Crippen LogP contribution in [0.15, 0.2) is 88.1 Å². The molecule has 33 heavy (non-hydrogen) atoms. The van der Waals surface area contributed by atoms with E-state index in [0.717, 1.165) is 21.4 Å². The second kappa shape index (κ2) is 10.0. The zero-order valence-corrected chi connectivity index (χ0v) is 20.1. The molecule has 0 fully saturated rings. The van der Waals surface area contributed by atoms with E-state index in [9.17, 15) is 14.9 Å². The molecule has 1 aromatic heterocycles. The Morgan fingerprint density at radius 2 is 1.79 bits per heavy atom. The van der Waals surface area contributed by atoms with E-state index >= 15 is 0 Å². The average Bonchev–Trinajstić information content (AvgIpc) is 3.12. The smallest absolute Gasteiger partial charge is 0.273 e. The number of nitriles is 1. The van der Waals surface area contributed by atoms with Gasteiger partial charge >= 0.3 is 0 Å². The van der Waals surface area contributed by atoms with Gasteiger partial charge in [0.2, 0.25) is 0 Å². The van der Waals surface area contributed by atoms with Crippen LogP contribution in [0.1, 0.15) is 5.56 Å². The van der Waals surface area contributed by atoms with Crippen molar-refractivity contribution in [2.75, 3.05) is 5.32 Å². The van der Waals surface area contributed by atoms with Gasteiger partial charge in [0.25, 0.3) is 11.5 Å². The first-order valence-corrected chi connectivity index (χ1v) is 11.7. The number of aromatic nitrogens is 1. The highest BCUT2D eigenvalue weighted by molar-refractivity contribution is 9.10. The summed E-state index contributed by atoms with van der Waals surface area (Å²) in [6.45, 7) is 0. The maximum atomic E-state index is 13.4. The Morgan fingerprint density at radius 3 is 2.45 bits per heavy atom. The number of nitrogens with zero attached hydrogens (tertiary/aromatic N) is 2. The molecule has 0 unspecified atom stereocenters. The van der Waals surface area contributed by atoms with Gasteiger partial charge in [-0.1, -0.05) is 57.9 Å². The van der Waals surface area contributed by atoms with E-state index in [1.54, 1.807) is 54.6 Å². The van der Waals surface area contributed by atoms with Crippen LogP contribution in [0.4, 0.5) is 5.69 Å². The SMILES string of the molecule is N#C/C(C(=O)Nc1ccc(Cl)cc1)=c1/s/c(=C/c2cccc(Br)c2)c(=O)n1-c1ccccc1. The molecular weight excluding hydrogens is 522 g/mol. The second-order valence-electron chi connectivity index (χ2n) is 6.89. The summed E-state index contributed by atoms with van der Waals surface area (Å²) in [6, 6.07) is 25.0. The van der Waals surface area contributed by atoms with Crippen LogP contribution in [0.5, 0.6) is 0 Å². The molecule has 0 aliphatic carbocycles. The van der Waals surface area contributed by atoms with E-state index in [0.29, 0.717) is 20.9 Å². The Hall–Kier alpha value is -3.44. The van der Waals surface area contributed by atoms with Gasteiger partial charge in [-0.3, -0.25) is 14.2 Å². The first-order valence-electron chi connectivity index (χ1n) is 9.72. The number of nitrogens with one attached hydrogen (secondary N) is 1. The molecule has 0 spiro atoms. The fourth-order valence-corrected chi connectivity index (χ4v) is 4.78. The van der Waals surface area contributed by atoms with E-state index in [1.807, 2.05) is 36.4 Å². The van der Waals surface area contributed by atoms with Crippen LogP contribution in [-0.2, 0) is 4.79 Å². The lowest BCUT2D eigenvalue weighted by molar-refractivity contribution is -0.111. The van der Waals surface area contributed by atoms with Crippen molar-refractivity contribution in [3.8, 4) is 11.8 Å². The van der Waals surface area contributed by atoms with E-state index < -0.39 is 5.91 Å². The van der Waals surface area contributed by atoms with Crippen LogP contribution < -0.4 is 20.1 Å². The van der Waals surface area contributed by atoms with Crippen LogP contribution in [-0.4, -0.2) is 10.5 Å². The highest BCUT2D eigenvalue weighted by Crippen LogP contribution is 2.15. The molecule has 0 atom stereocenters. The fraction of sp³-hybridized carbons (Fsp3) is 0. The summed E-state index contributed by atoms with van der Waals surface area (Å²) in [7, 11) is 0. The molecule has 0 aliphatic heterocycles. The normalized spacial score (nSPS) is 12.2. The number of hydrogen-bond donors (Lipinski definition) is 1. The lowest BCUT2D eigenvalue weighted by Gasteiger charge is -2.06. The highest BCUT2D eigenvalue weighted by Gasteiger charge is 2.17. The Bertz CT molecular complexity index is 1550. The number of amides is 1. The van der Waals surface area contributed by atoms with Crippen molar-refractivity contribution >= 4 is 62.1 Å². The number of anilines is 1. The second-order valence-corrected chi connectivity index (χ2v) is 9.28. The topological polar surface area (TPSA) is 74.9 Å². The molecule has 0 radical (unpaired) electrons. The van der Waals surface area contributed by atoms with Gasteiger partial charge in [-0.2, -0.15) is 5.26 Å². The summed E-state index contributed by atoms with van der Waals surface area (Å²) in [5.74, 6) is -0.611. The maximum Gasteiger partial charge on any atom is 0.273 e. The zero-order valence-electron chi connectivity index (χ0n) is 17.0. The molecule has 0 saturated heterocycles. The highest BCUT2D eigenvalue weighted by atomic mass is 79.9. The van der Waals surface area contributed by atoms with Gasteiger partial charge in [0.15, 0.2) is 5.57 Å². The lowest BCUT2D eigenvalue weighted by atomic mass is 10.2. The number of hydrogen-bond acceptors (Lipinski definition) is 4. The van der Waals surface area contributed by atoms with Crippen molar-refractivity contribution in [1.82, 2.24) is 4.57 Å². The third-order valence-electron chi connectivity index (χ3n) is 4.64. The first-order chi connectivity index (χ1) is 16.0. The summed E-state index contributed by atoms with van der Waals surface area (Å²) >= 11 is 10.4. The van der Waals surface area contributed by atoms with Gasteiger partial charge in [0, 0.05) is 15.2 Å². The van der Waals surface area contributed by atoms with Crippen molar-refractivity contribution in [2.45, 2.75) is 0 Å². The minimum absolute atomic E-state index is 0.162. The molecule has 0 aliphatic rings. The number of thiazole rings is 1. The summed E-state index contributed by atoms with van der Waals surface area (Å²) in [6.07, 6.45) is 1.74. The van der Waals surface area contributed by atoms with Gasteiger partial charge in [-0.05, 0) is 60.2 Å². The van der Waals surface area contributed by atoms with Gasteiger partial charge in [-0.15, -0.1) is 11.3 Å². The van der Waals surface area contributed by atoms with Crippen molar-refractivity contribution in [1.29, 1.82) is 5.26 Å². The van der Waals surface area contributed by atoms with Crippen LogP contribution in [0.25, 0.3) is 17.3 Å². The minimum Gasteiger partial charge on any atom is -0.321 e. The van der Waals surface area contributed by atoms with Gasteiger partial charge in [-0.25, -0.2) is 0 Å². The van der Waals surface area contributed by atoms with Gasteiger partial charge < -0.3 is 5.32 Å². The number of rotatable bonds is 4. The molecule has 4 aromatic rings. The van der Waals surface area contributed by atoms with Crippen molar-refractivity contribution in [2.24, 2.45) is 0 Å². The molecule has 5 nitrogen and oxygen atoms in total. The summed E-state index contributed by atoms with van der Waals surface area (Å²) < 4.78 is 2.93. The number of halogens is 2. The molecule has 0 bridgehead atoms. The van der Waals surface area contributed by atoms with E-state index in [2.05, 4.69) is 21.2 Å². The molecule has 4 rings (SSSR count). The van der Waals surface area contributed by atoms with Crippen molar-refractivity contribution in [3.63, 3.8) is 0 Å². The molecule has 162 valence electrons. The Kier molecular flexibility index (Phi) is 6.90. The van der Waals surface area contributed by atoms with Crippen LogP contribution in [0.2, 0.25) is 5.02 Å². The van der Waals surface area contributed by atoms with Gasteiger partial charge in [0.05, 0.1) is 10.2 Å². The molecule has 1 heterocycles. The largest absolute Gasteiger partial charge is 0.321 e. The molecule has 3 aromatic carbocycles. The Morgan fingerprint density at radius 1 is 1.06 bits per heavy atom. The molecule has 0 saturated carbocycles. The standard InChI is InChI=1S/C25H15BrClN3O2S/c26-17-6-4-5-16(13-17)14-22-24(32)30(20-7-2-1-3-8-20)25(33-22)21(15-28)23(31)29-19-11-9-18(27)10-12-19/h1-14H,(H,29,31)/b22-14+,25-21-.